The number of rotatable bonds is 13. The average Bonchev–Trinajstić information content (AvgIpc) is 2.36. The molecule has 0 N–H and O–H groups in total. The molecule has 0 saturated carbocycles. The van der Waals surface area contributed by atoms with Gasteiger partial charge in [0.05, 0.1) is 0 Å². The minimum Gasteiger partial charge on any atom is -0.148 e. The molecule has 0 aromatic heterocycles. The molecule has 0 aromatic rings. The van der Waals surface area contributed by atoms with Crippen molar-refractivity contribution < 1.29 is 0 Å². The first-order chi connectivity index (χ1) is 9.49. The molecule has 0 spiro atoms. The van der Waals surface area contributed by atoms with Gasteiger partial charge in [-0.2, -0.15) is 0 Å². The summed E-state index contributed by atoms with van der Waals surface area (Å²) >= 11 is 2.14. The van der Waals surface area contributed by atoms with Gasteiger partial charge in [0.2, 0.25) is 0 Å². The Morgan fingerprint density at radius 2 is 1.05 bits per heavy atom. The van der Waals surface area contributed by atoms with E-state index in [-0.39, 0.29) is 0 Å². The van der Waals surface area contributed by atoms with Crippen molar-refractivity contribution in [3.8, 4) is 0 Å². The summed E-state index contributed by atoms with van der Waals surface area (Å²) in [5, 5.41) is 1.77. The lowest BCUT2D eigenvalue weighted by atomic mass is 10.0. The summed E-state index contributed by atoms with van der Waals surface area (Å²) in [5.74, 6) is 0. The van der Waals surface area contributed by atoms with Crippen LogP contribution in [0.4, 0.5) is 0 Å². The highest BCUT2D eigenvalue weighted by Gasteiger charge is 2.19. The SMILES string of the molecule is CCCCCCCC[C](CCCCCC)SC(C)(C)C. The van der Waals surface area contributed by atoms with Crippen molar-refractivity contribution in [2.45, 2.75) is 116 Å². The van der Waals surface area contributed by atoms with Crippen LogP contribution in [0.25, 0.3) is 0 Å². The van der Waals surface area contributed by atoms with E-state index in [0.717, 1.165) is 0 Å². The van der Waals surface area contributed by atoms with E-state index >= 15 is 0 Å². The predicted molar refractivity (Wildman–Crippen MR) is 97.3 cm³/mol. The first kappa shape index (κ1) is 20.3. The van der Waals surface area contributed by atoms with Crippen LogP contribution in [0.2, 0.25) is 0 Å². The monoisotopic (exact) mass is 299 g/mol. The first-order valence-electron chi connectivity index (χ1n) is 9.03. The molecule has 0 aliphatic heterocycles. The average molecular weight is 300 g/mol. The van der Waals surface area contributed by atoms with Crippen molar-refractivity contribution in [3.63, 3.8) is 0 Å². The third kappa shape index (κ3) is 14.8. The van der Waals surface area contributed by atoms with Crippen LogP contribution in [-0.4, -0.2) is 4.75 Å². The lowest BCUT2D eigenvalue weighted by molar-refractivity contribution is 0.584. The zero-order valence-electron chi connectivity index (χ0n) is 14.9. The van der Waals surface area contributed by atoms with Crippen LogP contribution < -0.4 is 0 Å². The van der Waals surface area contributed by atoms with Crippen LogP contribution >= 0.6 is 11.8 Å². The van der Waals surface area contributed by atoms with E-state index in [4.69, 9.17) is 0 Å². The zero-order chi connectivity index (χ0) is 15.3. The molecular weight excluding hydrogens is 260 g/mol. The second-order valence-corrected chi connectivity index (χ2v) is 9.09. The Balaban J connectivity index is 3.80. The van der Waals surface area contributed by atoms with Gasteiger partial charge in [0.15, 0.2) is 0 Å². The van der Waals surface area contributed by atoms with Crippen LogP contribution in [0.1, 0.15) is 112 Å². The Bertz CT molecular complexity index is 192. The molecule has 0 amide bonds. The van der Waals surface area contributed by atoms with Crippen LogP contribution in [0.5, 0.6) is 0 Å². The van der Waals surface area contributed by atoms with Gasteiger partial charge in [-0.3, -0.25) is 0 Å². The summed E-state index contributed by atoms with van der Waals surface area (Å²) in [4.78, 5) is 0. The molecule has 1 radical (unpaired) electrons. The zero-order valence-corrected chi connectivity index (χ0v) is 15.7. The summed E-state index contributed by atoms with van der Waals surface area (Å²) in [6, 6.07) is 0. The molecule has 0 aliphatic rings. The molecule has 0 atom stereocenters. The topological polar surface area (TPSA) is 0 Å². The number of thioether (sulfide) groups is 1. The predicted octanol–water partition coefficient (Wildman–Crippen LogP) is 7.77. The van der Waals surface area contributed by atoms with Gasteiger partial charge in [-0.05, 0) is 12.8 Å². The highest BCUT2D eigenvalue weighted by atomic mass is 32.2. The van der Waals surface area contributed by atoms with Gasteiger partial charge in [-0.15, -0.1) is 11.8 Å². The molecule has 0 fully saturated rings. The Labute approximate surface area is 133 Å². The van der Waals surface area contributed by atoms with E-state index in [1.165, 1.54) is 77.0 Å². The Morgan fingerprint density at radius 1 is 0.650 bits per heavy atom. The van der Waals surface area contributed by atoms with E-state index in [9.17, 15) is 0 Å². The molecule has 0 bridgehead atoms. The van der Waals surface area contributed by atoms with Gasteiger partial charge < -0.3 is 0 Å². The fourth-order valence-corrected chi connectivity index (χ4v) is 3.87. The van der Waals surface area contributed by atoms with Crippen LogP contribution in [0, 0.1) is 5.25 Å². The standard InChI is InChI=1S/C19H39S/c1-6-8-10-12-13-15-17-18(20-19(3,4)5)16-14-11-9-7-2/h6-17H2,1-5H3. The van der Waals surface area contributed by atoms with Crippen molar-refractivity contribution in [1.82, 2.24) is 0 Å². The maximum atomic E-state index is 2.35. The molecule has 20 heavy (non-hydrogen) atoms. The van der Waals surface area contributed by atoms with Crippen molar-refractivity contribution in [2.24, 2.45) is 0 Å². The molecule has 0 saturated heterocycles. The van der Waals surface area contributed by atoms with E-state index in [1.807, 2.05) is 0 Å². The largest absolute Gasteiger partial charge is 0.148 e. The second-order valence-electron chi connectivity index (χ2n) is 7.08. The Hall–Kier alpha value is 0.350. The quantitative estimate of drug-likeness (QED) is 0.313. The smallest absolute Gasteiger partial charge is 0.0312 e. The summed E-state index contributed by atoms with van der Waals surface area (Å²) in [6.45, 7) is 11.6. The van der Waals surface area contributed by atoms with Crippen molar-refractivity contribution in [2.75, 3.05) is 0 Å². The minimum absolute atomic E-state index is 0.391. The third-order valence-electron chi connectivity index (χ3n) is 3.57. The molecule has 121 valence electrons. The summed E-state index contributed by atoms with van der Waals surface area (Å²) in [5.41, 5.74) is 0. The molecule has 0 aliphatic carbocycles. The van der Waals surface area contributed by atoms with Crippen LogP contribution in [-0.2, 0) is 0 Å². The van der Waals surface area contributed by atoms with Crippen LogP contribution in [0.3, 0.4) is 0 Å². The molecule has 0 nitrogen and oxygen atoms in total. The van der Waals surface area contributed by atoms with E-state index in [0.29, 0.717) is 4.75 Å². The van der Waals surface area contributed by atoms with Gasteiger partial charge >= 0.3 is 0 Å². The van der Waals surface area contributed by atoms with Gasteiger partial charge in [0.1, 0.15) is 0 Å². The van der Waals surface area contributed by atoms with E-state index < -0.39 is 0 Å². The van der Waals surface area contributed by atoms with Crippen molar-refractivity contribution in [3.05, 3.63) is 5.25 Å². The van der Waals surface area contributed by atoms with Gasteiger partial charge in [-0.25, -0.2) is 0 Å². The van der Waals surface area contributed by atoms with Gasteiger partial charge in [0, 0.05) is 10.00 Å². The highest BCUT2D eigenvalue weighted by Crippen LogP contribution is 2.39. The Kier molecular flexibility index (Phi) is 13.3. The molecule has 0 heterocycles. The summed E-state index contributed by atoms with van der Waals surface area (Å²) in [7, 11) is 0. The second kappa shape index (κ2) is 13.0. The van der Waals surface area contributed by atoms with Crippen molar-refractivity contribution >= 4 is 11.8 Å². The summed E-state index contributed by atoms with van der Waals surface area (Å²) in [6.07, 6.45) is 16.8. The van der Waals surface area contributed by atoms with Gasteiger partial charge in [0.25, 0.3) is 0 Å². The molecule has 0 unspecified atom stereocenters. The van der Waals surface area contributed by atoms with E-state index in [1.54, 1.807) is 5.25 Å². The number of hydrogen-bond acceptors (Lipinski definition) is 1. The maximum Gasteiger partial charge on any atom is 0.0312 e. The number of unbranched alkanes of at least 4 members (excludes halogenated alkanes) is 8. The fraction of sp³-hybridized carbons (Fsp3) is 0.947. The van der Waals surface area contributed by atoms with E-state index in [2.05, 4.69) is 46.4 Å². The summed E-state index contributed by atoms with van der Waals surface area (Å²) < 4.78 is 0.391. The number of hydrogen-bond donors (Lipinski definition) is 0. The highest BCUT2D eigenvalue weighted by molar-refractivity contribution is 8.03. The first-order valence-corrected chi connectivity index (χ1v) is 9.85. The molecule has 0 aromatic carbocycles. The normalized spacial score (nSPS) is 12.3. The van der Waals surface area contributed by atoms with Crippen LogP contribution in [0.15, 0.2) is 0 Å². The maximum absolute atomic E-state index is 2.35. The minimum atomic E-state index is 0.391. The van der Waals surface area contributed by atoms with Crippen molar-refractivity contribution in [1.29, 1.82) is 0 Å². The Morgan fingerprint density at radius 3 is 1.50 bits per heavy atom. The molecule has 1 heteroatoms. The van der Waals surface area contributed by atoms with Gasteiger partial charge in [-0.1, -0.05) is 98.8 Å². The molecular formula is C19H39S. The lowest BCUT2D eigenvalue weighted by Crippen LogP contribution is -2.11. The lowest BCUT2D eigenvalue weighted by Gasteiger charge is -2.25. The third-order valence-corrected chi connectivity index (χ3v) is 4.88. The molecule has 0 rings (SSSR count). The fourth-order valence-electron chi connectivity index (χ4n) is 2.51.